The van der Waals surface area contributed by atoms with Gasteiger partial charge in [-0.1, -0.05) is 11.6 Å². The van der Waals surface area contributed by atoms with Crippen molar-refractivity contribution in [2.45, 2.75) is 25.8 Å². The summed E-state index contributed by atoms with van der Waals surface area (Å²) in [5, 5.41) is 38.7. The zero-order valence-corrected chi connectivity index (χ0v) is 12.0. The first-order chi connectivity index (χ1) is 9.80. The van der Waals surface area contributed by atoms with Crippen molar-refractivity contribution in [2.75, 3.05) is 7.05 Å². The molecule has 0 aromatic carbocycles. The number of amides is 1. The highest BCUT2D eigenvalue weighted by Crippen LogP contribution is 2.61. The highest BCUT2D eigenvalue weighted by Gasteiger charge is 2.73. The van der Waals surface area contributed by atoms with E-state index in [1.807, 2.05) is 24.3 Å². The quantitative estimate of drug-likeness (QED) is 0.619. The second kappa shape index (κ2) is 4.08. The van der Waals surface area contributed by atoms with Crippen LogP contribution in [0, 0.1) is 62.1 Å². The second-order valence-corrected chi connectivity index (χ2v) is 5.75. The number of nitriles is 4. The molecule has 0 radical (unpaired) electrons. The number of carbonyl (C=O) groups excluding carboxylic acids is 1. The Balaban J connectivity index is 3.03. The van der Waals surface area contributed by atoms with Gasteiger partial charge in [-0.05, 0) is 13.8 Å². The van der Waals surface area contributed by atoms with Crippen molar-refractivity contribution in [3.8, 4) is 24.3 Å². The van der Waals surface area contributed by atoms with Gasteiger partial charge in [0.05, 0.1) is 29.8 Å². The van der Waals surface area contributed by atoms with Crippen LogP contribution in [0.2, 0.25) is 0 Å². The molecule has 104 valence electrons. The van der Waals surface area contributed by atoms with E-state index >= 15 is 0 Å². The number of allylic oxidation sites excluding steroid dienone is 1. The molecule has 0 aromatic rings. The average Bonchev–Trinajstić information content (AvgIpc) is 2.59. The number of nitrogens with zero attached hydrogens (tertiary/aromatic N) is 5. The Morgan fingerprint density at radius 2 is 1.71 bits per heavy atom. The summed E-state index contributed by atoms with van der Waals surface area (Å²) in [5.74, 6) is -1.03. The van der Waals surface area contributed by atoms with Crippen LogP contribution in [0.4, 0.5) is 0 Å². The molecule has 2 bridgehead atoms. The van der Waals surface area contributed by atoms with Crippen LogP contribution in [0.3, 0.4) is 0 Å². The molecular weight excluding hydrogens is 266 g/mol. The number of rotatable bonds is 0. The van der Waals surface area contributed by atoms with Crippen molar-refractivity contribution < 1.29 is 4.79 Å². The molecule has 0 spiro atoms. The zero-order chi connectivity index (χ0) is 16.1. The molecule has 2 atom stereocenters. The molecule has 1 amide bonds. The third-order valence-corrected chi connectivity index (χ3v) is 5.07. The summed E-state index contributed by atoms with van der Waals surface area (Å²) in [4.78, 5) is 13.6. The van der Waals surface area contributed by atoms with E-state index in [0.717, 1.165) is 0 Å². The SMILES string of the molecule is CC1=C[C@@]2(C)N(C)C(=O)C[C@@H]1C(C#N)(C#N)C2(C#N)C#N. The van der Waals surface area contributed by atoms with Crippen molar-refractivity contribution in [1.29, 1.82) is 21.0 Å². The molecule has 1 saturated heterocycles. The number of carbonyl (C=O) groups is 1. The predicted octanol–water partition coefficient (Wildman–Crippen LogP) is 1.25. The molecule has 1 fully saturated rings. The standard InChI is InChI=1S/C15H13N5O/c1-10-5-13(2)15(8-18,9-19)14(6-16,7-17)11(10)4-12(21)20(13)3/h5,11H,4H2,1-3H3/t11-,13+/m0/s1. The van der Waals surface area contributed by atoms with E-state index in [4.69, 9.17) is 0 Å². The lowest BCUT2D eigenvalue weighted by Crippen LogP contribution is -2.63. The molecule has 6 heteroatoms. The Labute approximate surface area is 123 Å². The molecule has 3 aliphatic rings. The van der Waals surface area contributed by atoms with Gasteiger partial charge in [-0.3, -0.25) is 4.79 Å². The maximum atomic E-state index is 12.3. The number of hydrogen-bond donors (Lipinski definition) is 0. The van der Waals surface area contributed by atoms with Crippen LogP contribution in [0.5, 0.6) is 0 Å². The van der Waals surface area contributed by atoms with E-state index in [1.165, 1.54) is 11.9 Å². The molecule has 21 heavy (non-hydrogen) atoms. The fourth-order valence-electron chi connectivity index (χ4n) is 3.66. The van der Waals surface area contributed by atoms with Crippen LogP contribution < -0.4 is 0 Å². The van der Waals surface area contributed by atoms with Gasteiger partial charge in [0.1, 0.15) is 0 Å². The normalized spacial score (nSPS) is 32.0. The van der Waals surface area contributed by atoms with Gasteiger partial charge in [-0.2, -0.15) is 21.0 Å². The zero-order valence-electron chi connectivity index (χ0n) is 12.0. The predicted molar refractivity (Wildman–Crippen MR) is 70.4 cm³/mol. The van der Waals surface area contributed by atoms with Crippen molar-refractivity contribution in [1.82, 2.24) is 4.90 Å². The Hall–Kier alpha value is -2.83. The third kappa shape index (κ3) is 1.25. The number of hydrogen-bond acceptors (Lipinski definition) is 5. The van der Waals surface area contributed by atoms with Gasteiger partial charge in [0.15, 0.2) is 5.41 Å². The molecule has 1 aliphatic carbocycles. The minimum absolute atomic E-state index is 0.0549. The first-order valence-electron chi connectivity index (χ1n) is 6.41. The lowest BCUT2D eigenvalue weighted by molar-refractivity contribution is -0.134. The molecule has 2 heterocycles. The second-order valence-electron chi connectivity index (χ2n) is 5.75. The van der Waals surface area contributed by atoms with Gasteiger partial charge in [-0.25, -0.2) is 0 Å². The highest BCUT2D eigenvalue weighted by atomic mass is 16.2. The van der Waals surface area contributed by atoms with Crippen LogP contribution in [0.15, 0.2) is 11.6 Å². The Bertz CT molecular complexity index is 695. The maximum absolute atomic E-state index is 12.3. The van der Waals surface area contributed by atoms with Crippen LogP contribution >= 0.6 is 0 Å². The van der Waals surface area contributed by atoms with Gasteiger partial charge in [0.2, 0.25) is 11.3 Å². The Kier molecular flexibility index (Phi) is 2.83. The van der Waals surface area contributed by atoms with Crippen molar-refractivity contribution in [3.05, 3.63) is 11.6 Å². The Morgan fingerprint density at radius 1 is 1.19 bits per heavy atom. The minimum Gasteiger partial charge on any atom is -0.334 e. The van der Waals surface area contributed by atoms with E-state index in [0.29, 0.717) is 5.57 Å². The summed E-state index contributed by atoms with van der Waals surface area (Å²) in [5.41, 5.74) is -4.44. The van der Waals surface area contributed by atoms with Gasteiger partial charge >= 0.3 is 0 Å². The average molecular weight is 279 g/mol. The molecule has 6 nitrogen and oxygen atoms in total. The lowest BCUT2D eigenvalue weighted by Gasteiger charge is -2.50. The van der Waals surface area contributed by atoms with Crippen LogP contribution in [0.25, 0.3) is 0 Å². The fourth-order valence-corrected chi connectivity index (χ4v) is 3.66. The number of likely N-dealkylation sites (N-methyl/N-ethyl adjacent to an activating group) is 1. The van der Waals surface area contributed by atoms with Crippen LogP contribution in [-0.2, 0) is 4.79 Å². The molecule has 2 aliphatic heterocycles. The third-order valence-electron chi connectivity index (χ3n) is 5.07. The molecule has 0 unspecified atom stereocenters. The molecule has 3 rings (SSSR count). The molecular formula is C15H13N5O. The largest absolute Gasteiger partial charge is 0.334 e. The van der Waals surface area contributed by atoms with E-state index in [2.05, 4.69) is 0 Å². The van der Waals surface area contributed by atoms with E-state index < -0.39 is 22.3 Å². The summed E-state index contributed by atoms with van der Waals surface area (Å²) >= 11 is 0. The topological polar surface area (TPSA) is 115 Å². The van der Waals surface area contributed by atoms with Gasteiger partial charge in [0, 0.05) is 19.4 Å². The van der Waals surface area contributed by atoms with E-state index in [9.17, 15) is 25.8 Å². The summed E-state index contributed by atoms with van der Waals surface area (Å²) in [7, 11) is 1.50. The maximum Gasteiger partial charge on any atom is 0.223 e. The fraction of sp³-hybridized carbons (Fsp3) is 0.533. The molecule has 0 N–H and O–H groups in total. The summed E-state index contributed by atoms with van der Waals surface area (Å²) in [6, 6.07) is 7.60. The lowest BCUT2D eigenvalue weighted by atomic mass is 9.48. The van der Waals surface area contributed by atoms with Crippen LogP contribution in [-0.4, -0.2) is 23.4 Å². The van der Waals surface area contributed by atoms with Gasteiger partial charge in [0.25, 0.3) is 0 Å². The first kappa shape index (κ1) is 14.6. The van der Waals surface area contributed by atoms with Crippen LogP contribution in [0.1, 0.15) is 20.3 Å². The molecule has 0 aromatic heterocycles. The van der Waals surface area contributed by atoms with Crippen molar-refractivity contribution in [3.63, 3.8) is 0 Å². The highest BCUT2D eigenvalue weighted by molar-refractivity contribution is 5.81. The minimum atomic E-state index is -1.94. The van der Waals surface area contributed by atoms with E-state index in [-0.39, 0.29) is 12.3 Å². The summed E-state index contributed by atoms with van der Waals surface area (Å²) < 4.78 is 0. The monoisotopic (exact) mass is 279 g/mol. The van der Waals surface area contributed by atoms with Crippen molar-refractivity contribution in [2.24, 2.45) is 16.7 Å². The van der Waals surface area contributed by atoms with Gasteiger partial charge in [-0.15, -0.1) is 0 Å². The number of fused-ring (bicyclic) bond motifs is 3. The summed E-state index contributed by atoms with van der Waals surface area (Å²) in [6.45, 7) is 3.29. The smallest absolute Gasteiger partial charge is 0.223 e. The van der Waals surface area contributed by atoms with Gasteiger partial charge < -0.3 is 4.90 Å². The first-order valence-corrected chi connectivity index (χ1v) is 6.41. The van der Waals surface area contributed by atoms with E-state index in [1.54, 1.807) is 19.9 Å². The molecule has 0 saturated carbocycles. The van der Waals surface area contributed by atoms with Crippen molar-refractivity contribution >= 4 is 5.91 Å². The summed E-state index contributed by atoms with van der Waals surface area (Å²) in [6.07, 6.45) is 1.63. The Morgan fingerprint density at radius 3 is 2.14 bits per heavy atom.